The van der Waals surface area contributed by atoms with Crippen LogP contribution < -0.4 is 5.32 Å². The van der Waals surface area contributed by atoms with Crippen LogP contribution in [0.3, 0.4) is 0 Å². The number of benzene rings is 1. The number of carbonyl (C=O) groups is 2. The van der Waals surface area contributed by atoms with Gasteiger partial charge < -0.3 is 15.2 Å². The normalized spacial score (nSPS) is 19.2. The van der Waals surface area contributed by atoms with Crippen LogP contribution in [0.5, 0.6) is 0 Å². The molecular formula is C15H18FNO4. The van der Waals surface area contributed by atoms with Gasteiger partial charge in [-0.2, -0.15) is 0 Å². The lowest BCUT2D eigenvalue weighted by Gasteiger charge is -2.18. The van der Waals surface area contributed by atoms with E-state index in [0.29, 0.717) is 12.2 Å². The van der Waals surface area contributed by atoms with Crippen LogP contribution in [-0.2, 0) is 14.3 Å². The molecule has 0 saturated carbocycles. The molecule has 0 spiro atoms. The van der Waals surface area contributed by atoms with Crippen LogP contribution in [0.4, 0.5) is 4.39 Å². The van der Waals surface area contributed by atoms with Crippen LogP contribution in [0.2, 0.25) is 0 Å². The van der Waals surface area contributed by atoms with E-state index in [1.165, 1.54) is 24.3 Å². The lowest BCUT2D eigenvalue weighted by Crippen LogP contribution is -2.32. The third kappa shape index (κ3) is 4.82. The molecule has 1 fully saturated rings. The molecule has 0 radical (unpaired) electrons. The Kier molecular flexibility index (Phi) is 5.27. The van der Waals surface area contributed by atoms with E-state index in [4.69, 9.17) is 9.84 Å². The topological polar surface area (TPSA) is 75.6 Å². The number of carbonyl (C=O) groups excluding carboxylic acids is 1. The molecule has 2 N–H and O–H groups in total. The van der Waals surface area contributed by atoms with Crippen LogP contribution in [0, 0.1) is 5.82 Å². The first-order valence-corrected chi connectivity index (χ1v) is 6.93. The number of rotatable bonds is 6. The van der Waals surface area contributed by atoms with Gasteiger partial charge in [0, 0.05) is 6.61 Å². The van der Waals surface area contributed by atoms with Crippen molar-refractivity contribution in [2.24, 2.45) is 0 Å². The first kappa shape index (κ1) is 15.4. The van der Waals surface area contributed by atoms with Crippen molar-refractivity contribution < 1.29 is 23.8 Å². The first-order chi connectivity index (χ1) is 10.0. The van der Waals surface area contributed by atoms with Gasteiger partial charge in [0.25, 0.3) is 0 Å². The molecule has 1 aromatic rings. The molecule has 1 saturated heterocycles. The number of nitrogens with one attached hydrogen (secondary N) is 1. The van der Waals surface area contributed by atoms with Crippen molar-refractivity contribution in [3.63, 3.8) is 0 Å². The summed E-state index contributed by atoms with van der Waals surface area (Å²) in [7, 11) is 0. The van der Waals surface area contributed by atoms with E-state index in [1.54, 1.807) is 0 Å². The summed E-state index contributed by atoms with van der Waals surface area (Å²) in [4.78, 5) is 22.9. The zero-order chi connectivity index (χ0) is 15.2. The molecule has 114 valence electrons. The lowest BCUT2D eigenvalue weighted by atomic mass is 10.0. The maximum atomic E-state index is 12.9. The summed E-state index contributed by atoms with van der Waals surface area (Å²) in [6.07, 6.45) is 1.66. The molecule has 5 nitrogen and oxygen atoms in total. The Labute approximate surface area is 122 Å². The Hall–Kier alpha value is -1.95. The highest BCUT2D eigenvalue weighted by Crippen LogP contribution is 2.19. The first-order valence-electron chi connectivity index (χ1n) is 6.93. The van der Waals surface area contributed by atoms with E-state index < -0.39 is 17.8 Å². The molecule has 0 aromatic heterocycles. The number of amides is 1. The minimum absolute atomic E-state index is 0.0938. The molecule has 1 aliphatic heterocycles. The number of hydrogen-bond donors (Lipinski definition) is 2. The Bertz CT molecular complexity index is 497. The third-order valence-electron chi connectivity index (χ3n) is 3.42. The van der Waals surface area contributed by atoms with Crippen molar-refractivity contribution in [2.45, 2.75) is 37.8 Å². The van der Waals surface area contributed by atoms with Crippen LogP contribution in [0.1, 0.15) is 37.3 Å². The summed E-state index contributed by atoms with van der Waals surface area (Å²) in [5, 5.41) is 11.6. The van der Waals surface area contributed by atoms with Crippen molar-refractivity contribution in [3.05, 3.63) is 35.6 Å². The van der Waals surface area contributed by atoms with Gasteiger partial charge in [0.2, 0.25) is 5.91 Å². The predicted molar refractivity (Wildman–Crippen MR) is 73.1 cm³/mol. The summed E-state index contributed by atoms with van der Waals surface area (Å²) in [5.41, 5.74) is 0.569. The Morgan fingerprint density at radius 3 is 2.67 bits per heavy atom. The molecule has 0 unspecified atom stereocenters. The summed E-state index contributed by atoms with van der Waals surface area (Å²) in [5.74, 6) is -1.68. The molecule has 1 aliphatic rings. The predicted octanol–water partition coefficient (Wildman–Crippen LogP) is 2.03. The highest BCUT2D eigenvalue weighted by atomic mass is 19.1. The Morgan fingerprint density at radius 1 is 1.38 bits per heavy atom. The summed E-state index contributed by atoms with van der Waals surface area (Å²) >= 11 is 0. The zero-order valence-corrected chi connectivity index (χ0v) is 11.5. The van der Waals surface area contributed by atoms with Crippen LogP contribution >= 0.6 is 0 Å². The Morgan fingerprint density at radius 2 is 2.10 bits per heavy atom. The van der Waals surface area contributed by atoms with Crippen molar-refractivity contribution in [1.82, 2.24) is 5.32 Å². The van der Waals surface area contributed by atoms with Gasteiger partial charge >= 0.3 is 5.97 Å². The second-order valence-corrected chi connectivity index (χ2v) is 5.11. The fourth-order valence-corrected chi connectivity index (χ4v) is 2.39. The van der Waals surface area contributed by atoms with Crippen molar-refractivity contribution >= 4 is 11.9 Å². The van der Waals surface area contributed by atoms with Crippen molar-refractivity contribution in [1.29, 1.82) is 0 Å². The average Bonchev–Trinajstić information content (AvgIpc) is 2.91. The molecule has 21 heavy (non-hydrogen) atoms. The highest BCUT2D eigenvalue weighted by molar-refractivity contribution is 5.78. The van der Waals surface area contributed by atoms with Gasteiger partial charge in [-0.25, -0.2) is 4.39 Å². The van der Waals surface area contributed by atoms with E-state index in [-0.39, 0.29) is 24.9 Å². The zero-order valence-electron chi connectivity index (χ0n) is 11.5. The third-order valence-corrected chi connectivity index (χ3v) is 3.42. The van der Waals surface area contributed by atoms with Gasteiger partial charge in [-0.15, -0.1) is 0 Å². The van der Waals surface area contributed by atoms with Crippen molar-refractivity contribution in [3.8, 4) is 0 Å². The summed E-state index contributed by atoms with van der Waals surface area (Å²) in [6, 6.07) is 4.79. The molecule has 1 amide bonds. The summed E-state index contributed by atoms with van der Waals surface area (Å²) < 4.78 is 18.3. The fraction of sp³-hybridized carbons (Fsp3) is 0.467. The van der Waals surface area contributed by atoms with Gasteiger partial charge in [0.15, 0.2) is 0 Å². The van der Waals surface area contributed by atoms with E-state index in [9.17, 15) is 14.0 Å². The molecular weight excluding hydrogens is 277 g/mol. The summed E-state index contributed by atoms with van der Waals surface area (Å²) in [6.45, 7) is 0.661. The van der Waals surface area contributed by atoms with Crippen LogP contribution in [-0.4, -0.2) is 29.7 Å². The molecule has 6 heteroatoms. The number of carboxylic acid groups (broad SMARTS) is 1. The number of hydrogen-bond acceptors (Lipinski definition) is 3. The number of aliphatic carboxylic acids is 1. The monoisotopic (exact) mass is 295 g/mol. The number of ether oxygens (including phenoxy) is 1. The number of carboxylic acids is 1. The van der Waals surface area contributed by atoms with Crippen LogP contribution in [0.15, 0.2) is 24.3 Å². The lowest BCUT2D eigenvalue weighted by molar-refractivity contribution is -0.137. The molecule has 1 aromatic carbocycles. The smallest absolute Gasteiger partial charge is 0.305 e. The second-order valence-electron chi connectivity index (χ2n) is 5.11. The average molecular weight is 295 g/mol. The molecule has 1 heterocycles. The van der Waals surface area contributed by atoms with Crippen molar-refractivity contribution in [2.75, 3.05) is 6.61 Å². The number of halogens is 1. The quantitative estimate of drug-likeness (QED) is 0.842. The van der Waals surface area contributed by atoms with E-state index in [2.05, 4.69) is 5.32 Å². The van der Waals surface area contributed by atoms with Gasteiger partial charge in [0.05, 0.1) is 25.0 Å². The second kappa shape index (κ2) is 7.17. The van der Waals surface area contributed by atoms with Gasteiger partial charge in [-0.3, -0.25) is 9.59 Å². The minimum Gasteiger partial charge on any atom is -0.481 e. The van der Waals surface area contributed by atoms with E-state index >= 15 is 0 Å². The SMILES string of the molecule is O=C(O)C[C@H](NC(=O)C[C@@H]1CCCO1)c1ccc(F)cc1. The van der Waals surface area contributed by atoms with Gasteiger partial charge in [-0.05, 0) is 30.5 Å². The fourth-order valence-electron chi connectivity index (χ4n) is 2.39. The van der Waals surface area contributed by atoms with E-state index in [0.717, 1.165) is 12.8 Å². The van der Waals surface area contributed by atoms with Gasteiger partial charge in [-0.1, -0.05) is 12.1 Å². The van der Waals surface area contributed by atoms with Gasteiger partial charge in [0.1, 0.15) is 5.82 Å². The standard InChI is InChI=1S/C15H18FNO4/c16-11-5-3-10(4-6-11)13(9-15(19)20)17-14(18)8-12-2-1-7-21-12/h3-6,12-13H,1-2,7-9H2,(H,17,18)(H,19,20)/t12-,13-/m0/s1. The van der Waals surface area contributed by atoms with Crippen LogP contribution in [0.25, 0.3) is 0 Å². The maximum absolute atomic E-state index is 12.9. The van der Waals surface area contributed by atoms with E-state index in [1.807, 2.05) is 0 Å². The molecule has 0 aliphatic carbocycles. The largest absolute Gasteiger partial charge is 0.481 e. The highest BCUT2D eigenvalue weighted by Gasteiger charge is 2.22. The molecule has 2 rings (SSSR count). The maximum Gasteiger partial charge on any atom is 0.305 e. The molecule has 0 bridgehead atoms. The Balaban J connectivity index is 1.99. The minimum atomic E-state index is -1.03. The molecule has 2 atom stereocenters.